The summed E-state index contributed by atoms with van der Waals surface area (Å²) < 4.78 is 7.31. The van der Waals surface area contributed by atoms with Gasteiger partial charge in [-0.15, -0.1) is 5.10 Å². The largest absolute Gasteiger partial charge is 0.393 e. The van der Waals surface area contributed by atoms with Crippen molar-refractivity contribution in [1.82, 2.24) is 24.9 Å². The van der Waals surface area contributed by atoms with Crippen LogP contribution in [0.1, 0.15) is 44.2 Å². The van der Waals surface area contributed by atoms with Gasteiger partial charge < -0.3 is 25.4 Å². The lowest BCUT2D eigenvalue weighted by Gasteiger charge is -2.28. The minimum absolute atomic E-state index is 0.104. The molecule has 3 N–H and O–H groups in total. The smallest absolute Gasteiger partial charge is 0.241 e. The molecule has 1 saturated carbocycles. The first-order chi connectivity index (χ1) is 16.6. The van der Waals surface area contributed by atoms with Crippen LogP contribution in [0.25, 0.3) is 16.6 Å². The van der Waals surface area contributed by atoms with Crippen LogP contribution in [0.5, 0.6) is 0 Å². The topological polar surface area (TPSA) is 99.8 Å². The average molecular weight is 466 g/mol. The van der Waals surface area contributed by atoms with Gasteiger partial charge in [-0.25, -0.2) is 14.5 Å². The molecule has 1 aliphatic carbocycles. The number of methoxy groups -OCH3 is 1. The number of anilines is 2. The van der Waals surface area contributed by atoms with Gasteiger partial charge in [-0.05, 0) is 56.4 Å². The molecule has 0 aromatic carbocycles. The van der Waals surface area contributed by atoms with E-state index in [-0.39, 0.29) is 12.1 Å². The number of hydrogen-bond acceptors (Lipinski definition) is 8. The van der Waals surface area contributed by atoms with Crippen molar-refractivity contribution >= 4 is 17.3 Å². The third-order valence-corrected chi connectivity index (χ3v) is 6.95. The van der Waals surface area contributed by atoms with Crippen LogP contribution < -0.4 is 15.5 Å². The first kappa shape index (κ1) is 23.0. The van der Waals surface area contributed by atoms with Crippen molar-refractivity contribution in [3.05, 3.63) is 36.3 Å². The second-order valence-corrected chi connectivity index (χ2v) is 9.51. The quantitative estimate of drug-likeness (QED) is 0.490. The molecule has 0 unspecified atom stereocenters. The molecular weight excluding hydrogens is 430 g/mol. The zero-order valence-electron chi connectivity index (χ0n) is 20.1. The molecule has 5 rings (SSSR count). The molecule has 0 bridgehead atoms. The van der Waals surface area contributed by atoms with Crippen molar-refractivity contribution in [3.8, 4) is 11.1 Å². The van der Waals surface area contributed by atoms with Crippen LogP contribution >= 0.6 is 0 Å². The number of pyridine rings is 1. The van der Waals surface area contributed by atoms with Crippen LogP contribution in [0.2, 0.25) is 0 Å². The fraction of sp³-hybridized carbons (Fsp3) is 0.560. The van der Waals surface area contributed by atoms with Crippen molar-refractivity contribution in [2.24, 2.45) is 0 Å². The Morgan fingerprint density at radius 1 is 1.18 bits per heavy atom. The molecule has 4 heterocycles. The Morgan fingerprint density at radius 2 is 1.97 bits per heavy atom. The van der Waals surface area contributed by atoms with Gasteiger partial charge in [0.1, 0.15) is 5.82 Å². The molecule has 1 atom stereocenters. The highest BCUT2D eigenvalue weighted by Crippen LogP contribution is 2.38. The maximum absolute atomic E-state index is 10.0. The molecule has 0 spiro atoms. The van der Waals surface area contributed by atoms with Gasteiger partial charge in [-0.1, -0.05) is 0 Å². The molecule has 34 heavy (non-hydrogen) atoms. The van der Waals surface area contributed by atoms with E-state index < -0.39 is 0 Å². The summed E-state index contributed by atoms with van der Waals surface area (Å²) in [5.41, 5.74) is 4.42. The molecule has 9 nitrogen and oxygen atoms in total. The van der Waals surface area contributed by atoms with Crippen LogP contribution in [-0.4, -0.2) is 76.7 Å². The van der Waals surface area contributed by atoms with Gasteiger partial charge in [0.05, 0.1) is 24.4 Å². The van der Waals surface area contributed by atoms with E-state index in [1.807, 2.05) is 12.4 Å². The van der Waals surface area contributed by atoms with E-state index in [4.69, 9.17) is 9.84 Å². The molecule has 9 heteroatoms. The van der Waals surface area contributed by atoms with Crippen molar-refractivity contribution in [3.63, 3.8) is 0 Å². The average Bonchev–Trinajstić information content (AvgIpc) is 3.24. The van der Waals surface area contributed by atoms with E-state index in [9.17, 15) is 5.11 Å². The zero-order valence-corrected chi connectivity index (χ0v) is 20.1. The van der Waals surface area contributed by atoms with Gasteiger partial charge in [0.25, 0.3) is 0 Å². The number of nitrogens with zero attached hydrogens (tertiary/aromatic N) is 5. The number of hydrogen-bond donors (Lipinski definition) is 3. The first-order valence-corrected chi connectivity index (χ1v) is 12.4. The maximum atomic E-state index is 10.0. The summed E-state index contributed by atoms with van der Waals surface area (Å²) in [5, 5.41) is 21.7. The highest BCUT2D eigenvalue weighted by atomic mass is 16.5. The lowest BCUT2D eigenvalue weighted by Crippen LogP contribution is -2.43. The number of aliphatic hydroxyl groups is 1. The Labute approximate surface area is 200 Å². The number of nitrogens with one attached hydrogen (secondary N) is 2. The van der Waals surface area contributed by atoms with Gasteiger partial charge in [0, 0.05) is 62.7 Å². The summed E-state index contributed by atoms with van der Waals surface area (Å²) in [4.78, 5) is 11.6. The monoisotopic (exact) mass is 465 g/mol. The fourth-order valence-electron chi connectivity index (χ4n) is 5.14. The molecule has 2 fully saturated rings. The Kier molecular flexibility index (Phi) is 6.94. The Bertz CT molecular complexity index is 1100. The molecule has 1 saturated heterocycles. The third kappa shape index (κ3) is 4.87. The second-order valence-electron chi connectivity index (χ2n) is 9.51. The van der Waals surface area contributed by atoms with Gasteiger partial charge in [-0.3, -0.25) is 0 Å². The molecule has 3 aromatic heterocycles. The summed E-state index contributed by atoms with van der Waals surface area (Å²) in [6.07, 6.45) is 7.20. The summed E-state index contributed by atoms with van der Waals surface area (Å²) in [7, 11) is 1.69. The normalized spacial score (nSPS) is 22.1. The minimum Gasteiger partial charge on any atom is -0.393 e. The number of aromatic nitrogens is 4. The number of ether oxygens (including phenoxy) is 1. The van der Waals surface area contributed by atoms with Crippen LogP contribution in [-0.2, 0) is 4.74 Å². The number of fused-ring (bicyclic) bond motifs is 1. The highest BCUT2D eigenvalue weighted by Gasteiger charge is 2.26. The molecule has 3 aromatic rings. The van der Waals surface area contributed by atoms with E-state index in [0.717, 1.165) is 74.3 Å². The van der Waals surface area contributed by atoms with Crippen LogP contribution in [0.3, 0.4) is 0 Å². The Hall–Kier alpha value is -2.75. The van der Waals surface area contributed by atoms with Crippen molar-refractivity contribution in [2.45, 2.75) is 50.7 Å². The molecule has 182 valence electrons. The Morgan fingerprint density at radius 3 is 2.74 bits per heavy atom. The summed E-state index contributed by atoms with van der Waals surface area (Å²) in [6, 6.07) is 6.63. The standard InChI is InChI=1S/C25H35N7O2/c1-17(16-34-2)29-25-28-15-23-21(14-22(32(23)30-25)18-3-5-20(33)6-4-18)19-7-8-27-24(13-19)31-11-9-26-10-12-31/h7-8,13-15,17-18,20,26,33H,3-6,9-12,16H2,1-2H3,(H,29,30)/t17-,18-,20-/m0/s1. The lowest BCUT2D eigenvalue weighted by atomic mass is 9.85. The fourth-order valence-corrected chi connectivity index (χ4v) is 5.14. The van der Waals surface area contributed by atoms with Crippen molar-refractivity contribution in [1.29, 1.82) is 0 Å². The van der Waals surface area contributed by atoms with E-state index in [1.165, 1.54) is 5.69 Å². The van der Waals surface area contributed by atoms with E-state index in [0.29, 0.717) is 18.5 Å². The molecule has 1 aliphatic heterocycles. The molecule has 2 aliphatic rings. The first-order valence-electron chi connectivity index (χ1n) is 12.4. The van der Waals surface area contributed by atoms with E-state index in [1.54, 1.807) is 7.11 Å². The molecular formula is C25H35N7O2. The van der Waals surface area contributed by atoms with Crippen LogP contribution in [0, 0.1) is 0 Å². The lowest BCUT2D eigenvalue weighted by molar-refractivity contribution is 0.121. The zero-order chi connectivity index (χ0) is 23.5. The minimum atomic E-state index is -0.189. The number of piperazine rings is 1. The summed E-state index contributed by atoms with van der Waals surface area (Å²) in [5.74, 6) is 1.96. The van der Waals surface area contributed by atoms with E-state index in [2.05, 4.69) is 55.1 Å². The van der Waals surface area contributed by atoms with Gasteiger partial charge in [0.15, 0.2) is 0 Å². The summed E-state index contributed by atoms with van der Waals surface area (Å²) >= 11 is 0. The number of rotatable bonds is 7. The van der Waals surface area contributed by atoms with Gasteiger partial charge in [-0.2, -0.15) is 0 Å². The maximum Gasteiger partial charge on any atom is 0.241 e. The van der Waals surface area contributed by atoms with Crippen LogP contribution in [0.4, 0.5) is 11.8 Å². The predicted octanol–water partition coefficient (Wildman–Crippen LogP) is 2.67. The molecule has 0 amide bonds. The van der Waals surface area contributed by atoms with Crippen molar-refractivity contribution < 1.29 is 9.84 Å². The summed E-state index contributed by atoms with van der Waals surface area (Å²) in [6.45, 7) is 6.50. The predicted molar refractivity (Wildman–Crippen MR) is 133 cm³/mol. The van der Waals surface area contributed by atoms with Crippen molar-refractivity contribution in [2.75, 3.05) is 50.1 Å². The third-order valence-electron chi connectivity index (χ3n) is 6.95. The van der Waals surface area contributed by atoms with Crippen LogP contribution in [0.15, 0.2) is 30.6 Å². The highest BCUT2D eigenvalue weighted by molar-refractivity contribution is 5.82. The SMILES string of the molecule is COC[C@H](C)Nc1ncc2c(-c3ccnc(N4CCNCC4)c3)cc([C@H]3CC[C@H](O)CC3)n2n1. The Balaban J connectivity index is 1.54. The van der Waals surface area contributed by atoms with Gasteiger partial charge >= 0.3 is 0 Å². The second kappa shape index (κ2) is 10.2. The number of aliphatic hydroxyl groups excluding tert-OH is 1. The van der Waals surface area contributed by atoms with E-state index >= 15 is 0 Å². The van der Waals surface area contributed by atoms with Gasteiger partial charge in [0.2, 0.25) is 5.95 Å². The molecule has 0 radical (unpaired) electrons.